The molecule has 0 spiro atoms. The molecule has 0 saturated heterocycles. The molecule has 5 heteroatoms. The maximum absolute atomic E-state index is 14.8. The Morgan fingerprint density at radius 3 is 2.88 bits per heavy atom. The molecule has 1 aromatic rings. The Morgan fingerprint density at radius 2 is 2.12 bits per heavy atom. The average molecular weight is 332 g/mol. The van der Waals surface area contributed by atoms with E-state index in [1.807, 2.05) is 19.2 Å². The monoisotopic (exact) mass is 332 g/mol. The van der Waals surface area contributed by atoms with Crippen LogP contribution in [0.5, 0.6) is 0 Å². The highest BCUT2D eigenvalue weighted by atomic mass is 19.1. The van der Waals surface area contributed by atoms with E-state index < -0.39 is 11.5 Å². The highest BCUT2D eigenvalue weighted by Crippen LogP contribution is 2.59. The molecule has 24 heavy (non-hydrogen) atoms. The minimum atomic E-state index is -0.651. The molecule has 0 radical (unpaired) electrons. The van der Waals surface area contributed by atoms with Crippen LogP contribution in [0.1, 0.15) is 56.7 Å². The summed E-state index contributed by atoms with van der Waals surface area (Å²) in [5.41, 5.74) is 0.371. The molecule has 3 aliphatic rings. The normalized spacial score (nSPS) is 39.2. The van der Waals surface area contributed by atoms with Crippen LogP contribution in [0.3, 0.4) is 0 Å². The van der Waals surface area contributed by atoms with Gasteiger partial charge in [0, 0.05) is 23.9 Å². The fraction of sp³-hybridized carbons (Fsp3) is 0.632. The molecule has 4 nitrogen and oxygen atoms in total. The first-order chi connectivity index (χ1) is 11.5. The average Bonchev–Trinajstić information content (AvgIpc) is 3.11. The second kappa shape index (κ2) is 5.81. The maximum Gasteiger partial charge on any atom is 0.109 e. The predicted octanol–water partition coefficient (Wildman–Crippen LogP) is 3.25. The first-order valence-corrected chi connectivity index (χ1v) is 8.94. The van der Waals surface area contributed by atoms with Gasteiger partial charge in [0.05, 0.1) is 24.0 Å². The molecule has 1 aromatic heterocycles. The third-order valence-corrected chi connectivity index (χ3v) is 6.50. The number of allylic oxidation sites excluding steroid dienone is 4. The summed E-state index contributed by atoms with van der Waals surface area (Å²) in [6, 6.07) is -0.136. The molecule has 4 rings (SSSR count). The zero-order valence-electron chi connectivity index (χ0n) is 14.0. The van der Waals surface area contributed by atoms with Gasteiger partial charge in [-0.2, -0.15) is 0 Å². The van der Waals surface area contributed by atoms with Crippen LogP contribution in [0.25, 0.3) is 0 Å². The summed E-state index contributed by atoms with van der Waals surface area (Å²) < 4.78 is 16.9. The van der Waals surface area contributed by atoms with Crippen molar-refractivity contribution in [2.75, 3.05) is 0 Å². The Kier molecular flexibility index (Phi) is 3.88. The summed E-state index contributed by atoms with van der Waals surface area (Å²) in [5.74, 6) is 0.0412. The lowest BCUT2D eigenvalue weighted by atomic mass is 9.68. The maximum atomic E-state index is 14.8. The van der Waals surface area contributed by atoms with Crippen LogP contribution in [-0.4, -0.2) is 32.0 Å². The molecule has 1 aliphatic heterocycles. The van der Waals surface area contributed by atoms with Crippen molar-refractivity contribution >= 4 is 0 Å². The number of fused-ring (bicyclic) bond motifs is 3. The third kappa shape index (κ3) is 2.29. The van der Waals surface area contributed by atoms with Gasteiger partial charge in [-0.25, -0.2) is 9.37 Å². The number of imidazole rings is 1. The molecule has 1 saturated carbocycles. The number of hydrogen-bond acceptors (Lipinski definition) is 3. The van der Waals surface area contributed by atoms with Gasteiger partial charge < -0.3 is 14.8 Å². The molecule has 4 unspecified atom stereocenters. The first-order valence-electron chi connectivity index (χ1n) is 8.94. The lowest BCUT2D eigenvalue weighted by molar-refractivity contribution is 0.0198. The lowest BCUT2D eigenvalue weighted by Crippen LogP contribution is -2.35. The van der Waals surface area contributed by atoms with Gasteiger partial charge in [0.1, 0.15) is 5.83 Å². The van der Waals surface area contributed by atoms with E-state index in [2.05, 4.69) is 9.55 Å². The molecular weight excluding hydrogens is 307 g/mol. The van der Waals surface area contributed by atoms with Crippen molar-refractivity contribution < 1.29 is 14.6 Å². The number of aromatic nitrogens is 2. The van der Waals surface area contributed by atoms with Crippen molar-refractivity contribution in [3.63, 3.8) is 0 Å². The molecule has 2 aliphatic carbocycles. The van der Waals surface area contributed by atoms with E-state index in [9.17, 15) is 14.6 Å². The number of nitrogens with zero attached hydrogens (tertiary/aromatic N) is 2. The van der Waals surface area contributed by atoms with Crippen LogP contribution < -0.4 is 0 Å². The van der Waals surface area contributed by atoms with E-state index >= 15 is 0 Å². The topological polar surface area (TPSA) is 58.3 Å². The quantitative estimate of drug-likeness (QED) is 0.893. The minimum Gasteiger partial charge on any atom is -0.393 e. The van der Waals surface area contributed by atoms with Gasteiger partial charge >= 0.3 is 0 Å². The van der Waals surface area contributed by atoms with Gasteiger partial charge in [0.2, 0.25) is 0 Å². The molecule has 4 atom stereocenters. The van der Waals surface area contributed by atoms with E-state index in [1.54, 1.807) is 18.5 Å². The van der Waals surface area contributed by atoms with Crippen LogP contribution in [0.4, 0.5) is 4.39 Å². The van der Waals surface area contributed by atoms with Crippen LogP contribution in [-0.2, 0) is 0 Å². The first kappa shape index (κ1) is 16.0. The summed E-state index contributed by atoms with van der Waals surface area (Å²) in [4.78, 5) is 4.24. The molecule has 0 amide bonds. The fourth-order valence-corrected chi connectivity index (χ4v) is 4.92. The summed E-state index contributed by atoms with van der Waals surface area (Å²) in [7, 11) is 0. The Labute approximate surface area is 141 Å². The van der Waals surface area contributed by atoms with Gasteiger partial charge in [-0.1, -0.05) is 19.1 Å². The van der Waals surface area contributed by atoms with Crippen molar-refractivity contribution in [3.05, 3.63) is 42.3 Å². The van der Waals surface area contributed by atoms with Crippen molar-refractivity contribution in [1.29, 1.82) is 0 Å². The number of hydrogen-bond donors (Lipinski definition) is 2. The Morgan fingerprint density at radius 1 is 1.38 bits per heavy atom. The summed E-state index contributed by atoms with van der Waals surface area (Å²) in [6.07, 6.45) is 11.9. The van der Waals surface area contributed by atoms with Gasteiger partial charge in [0.25, 0.3) is 0 Å². The lowest BCUT2D eigenvalue weighted by Gasteiger charge is -2.38. The fourth-order valence-electron chi connectivity index (χ4n) is 4.92. The number of aliphatic hydroxyl groups excluding tert-OH is 2. The largest absolute Gasteiger partial charge is 0.393 e. The molecule has 0 bridgehead atoms. The highest BCUT2D eigenvalue weighted by Gasteiger charge is 2.53. The SMILES string of the molecule is CC12C(F)=CC=CC1c1cncn1C2CC(O)C1CCC(O)CC1. The smallest absolute Gasteiger partial charge is 0.109 e. The van der Waals surface area contributed by atoms with Gasteiger partial charge in [0.15, 0.2) is 0 Å². The van der Waals surface area contributed by atoms with Crippen molar-refractivity contribution in [1.82, 2.24) is 9.55 Å². The van der Waals surface area contributed by atoms with Crippen LogP contribution in [0.15, 0.2) is 36.6 Å². The standard InChI is InChI=1S/C19H25FN2O2/c1-19-14(3-2-4-17(19)20)15-10-21-11-22(15)18(19)9-16(24)12-5-7-13(23)8-6-12/h2-4,10-14,16,18,23-24H,5-9H2,1H3. The summed E-state index contributed by atoms with van der Waals surface area (Å²) in [6.45, 7) is 1.96. The minimum absolute atomic E-state index is 0.0321. The van der Waals surface area contributed by atoms with E-state index in [1.165, 1.54) is 0 Å². The van der Waals surface area contributed by atoms with E-state index in [0.717, 1.165) is 31.4 Å². The van der Waals surface area contributed by atoms with Crippen molar-refractivity contribution in [2.45, 2.75) is 63.2 Å². The Balaban J connectivity index is 1.60. The summed E-state index contributed by atoms with van der Waals surface area (Å²) in [5, 5.41) is 20.5. The number of aliphatic hydroxyl groups is 2. The van der Waals surface area contributed by atoms with Crippen LogP contribution >= 0.6 is 0 Å². The van der Waals surface area contributed by atoms with Gasteiger partial charge in [-0.15, -0.1) is 0 Å². The highest BCUT2D eigenvalue weighted by molar-refractivity contribution is 5.38. The number of rotatable bonds is 3. The van der Waals surface area contributed by atoms with Gasteiger partial charge in [-0.3, -0.25) is 0 Å². The molecule has 2 N–H and O–H groups in total. The van der Waals surface area contributed by atoms with E-state index in [4.69, 9.17) is 0 Å². The van der Waals surface area contributed by atoms with Crippen molar-refractivity contribution in [3.8, 4) is 0 Å². The third-order valence-electron chi connectivity index (χ3n) is 6.50. The Hall–Kier alpha value is -1.46. The number of halogens is 1. The zero-order valence-corrected chi connectivity index (χ0v) is 14.0. The molecule has 1 fully saturated rings. The van der Waals surface area contributed by atoms with E-state index in [-0.39, 0.29) is 29.8 Å². The summed E-state index contributed by atoms with van der Waals surface area (Å²) >= 11 is 0. The molecule has 0 aromatic carbocycles. The molecule has 130 valence electrons. The molecule has 2 heterocycles. The second-order valence-corrected chi connectivity index (χ2v) is 7.77. The van der Waals surface area contributed by atoms with Crippen LogP contribution in [0, 0.1) is 11.3 Å². The van der Waals surface area contributed by atoms with Crippen LogP contribution in [0.2, 0.25) is 0 Å². The Bertz CT molecular complexity index is 675. The zero-order chi connectivity index (χ0) is 16.9. The second-order valence-electron chi connectivity index (χ2n) is 7.77. The predicted molar refractivity (Wildman–Crippen MR) is 89.0 cm³/mol. The van der Waals surface area contributed by atoms with E-state index in [0.29, 0.717) is 6.42 Å². The molecular formula is C19H25FN2O2. The van der Waals surface area contributed by atoms with Gasteiger partial charge in [-0.05, 0) is 44.1 Å². The van der Waals surface area contributed by atoms with Crippen molar-refractivity contribution in [2.24, 2.45) is 11.3 Å².